The van der Waals surface area contributed by atoms with Gasteiger partial charge in [-0.2, -0.15) is 0 Å². The summed E-state index contributed by atoms with van der Waals surface area (Å²) in [7, 11) is 0. The summed E-state index contributed by atoms with van der Waals surface area (Å²) in [5, 5.41) is 0. The Labute approximate surface area is 130 Å². The van der Waals surface area contributed by atoms with E-state index in [9.17, 15) is 4.79 Å². The van der Waals surface area contributed by atoms with Crippen molar-refractivity contribution in [3.63, 3.8) is 0 Å². The molecule has 0 bridgehead atoms. The van der Waals surface area contributed by atoms with Crippen LogP contribution in [0.3, 0.4) is 0 Å². The summed E-state index contributed by atoms with van der Waals surface area (Å²) >= 11 is 11.1. The molecule has 1 aliphatic carbocycles. The van der Waals surface area contributed by atoms with Gasteiger partial charge in [0, 0.05) is 5.41 Å². The van der Waals surface area contributed by atoms with Crippen LogP contribution in [0.5, 0.6) is 0 Å². The molecule has 1 aliphatic rings. The Morgan fingerprint density at radius 1 is 1.54 bits per heavy atom. The fourth-order valence-corrected chi connectivity index (χ4v) is 1.55. The molecular formula is C8H11Cl2KO2. The van der Waals surface area contributed by atoms with E-state index in [1.54, 1.807) is 6.08 Å². The Morgan fingerprint density at radius 3 is 2.46 bits per heavy atom. The predicted molar refractivity (Wildman–Crippen MR) is 55.4 cm³/mol. The summed E-state index contributed by atoms with van der Waals surface area (Å²) in [6, 6.07) is 0. The van der Waals surface area contributed by atoms with E-state index < -0.39 is 4.84 Å². The molecule has 2 nitrogen and oxygen atoms in total. The zero-order valence-electron chi connectivity index (χ0n) is 6.88. The molecule has 0 N–H and O–H groups in total. The average molecular weight is 249 g/mol. The minimum absolute atomic E-state index is 0. The fraction of sp³-hybridized carbons (Fsp3) is 0.625. The van der Waals surface area contributed by atoms with Gasteiger partial charge < -0.3 is 4.74 Å². The van der Waals surface area contributed by atoms with Crippen LogP contribution in [0, 0.1) is 5.41 Å². The Morgan fingerprint density at radius 2 is 2.08 bits per heavy atom. The van der Waals surface area contributed by atoms with Crippen LogP contribution in [0.25, 0.3) is 0 Å². The third-order valence-electron chi connectivity index (χ3n) is 2.10. The number of carbonyl (C=O) groups excluding carboxylic acids is 1. The molecule has 0 aromatic heterocycles. The second kappa shape index (κ2) is 5.49. The summed E-state index contributed by atoms with van der Waals surface area (Å²) in [5.41, 5.74) is 0.896. The van der Waals surface area contributed by atoms with E-state index in [-0.39, 0.29) is 62.9 Å². The quantitative estimate of drug-likeness (QED) is 0.329. The van der Waals surface area contributed by atoms with Gasteiger partial charge in [-0.1, -0.05) is 13.8 Å². The topological polar surface area (TPSA) is 26.3 Å². The summed E-state index contributed by atoms with van der Waals surface area (Å²) < 4.78 is 4.82. The summed E-state index contributed by atoms with van der Waals surface area (Å²) in [6.45, 7) is 4.40. The first-order valence-electron chi connectivity index (χ1n) is 3.59. The van der Waals surface area contributed by atoms with Crippen LogP contribution < -0.4 is 0 Å². The van der Waals surface area contributed by atoms with Crippen LogP contribution >= 0.6 is 23.2 Å². The molecule has 0 aromatic carbocycles. The average Bonchev–Trinajstić information content (AvgIpc) is 2.39. The fourth-order valence-electron chi connectivity index (χ4n) is 1.28. The van der Waals surface area contributed by atoms with E-state index in [0.29, 0.717) is 6.47 Å². The molecular weight excluding hydrogens is 238 g/mol. The molecule has 0 spiro atoms. The van der Waals surface area contributed by atoms with Crippen LogP contribution in [0.4, 0.5) is 0 Å². The van der Waals surface area contributed by atoms with Crippen LogP contribution in [-0.2, 0) is 9.53 Å². The van der Waals surface area contributed by atoms with Crippen molar-refractivity contribution in [2.24, 2.45) is 5.41 Å². The van der Waals surface area contributed by atoms with Crippen LogP contribution in [-0.4, -0.2) is 68.8 Å². The van der Waals surface area contributed by atoms with Gasteiger partial charge in [-0.05, 0) is 11.6 Å². The van der Waals surface area contributed by atoms with Crippen molar-refractivity contribution in [3.8, 4) is 0 Å². The van der Waals surface area contributed by atoms with Gasteiger partial charge in [0.1, 0.15) is 10.9 Å². The van der Waals surface area contributed by atoms with Crippen LogP contribution in [0.2, 0.25) is 0 Å². The Kier molecular flexibility index (Phi) is 6.10. The van der Waals surface area contributed by atoms with E-state index in [1.165, 1.54) is 0 Å². The predicted octanol–water partition coefficient (Wildman–Crippen LogP) is 1.65. The summed E-state index contributed by atoms with van der Waals surface area (Å²) in [5.74, 6) is 0. The SMILES string of the molecule is CC1(C)C(=CC(Cl)Cl)C1OC=O.[KH]. The first kappa shape index (κ1) is 14.4. The van der Waals surface area contributed by atoms with Crippen LogP contribution in [0.15, 0.2) is 11.6 Å². The van der Waals surface area contributed by atoms with E-state index in [4.69, 9.17) is 27.9 Å². The molecule has 1 fully saturated rings. The van der Waals surface area contributed by atoms with Crippen molar-refractivity contribution in [1.82, 2.24) is 0 Å². The van der Waals surface area contributed by atoms with Crippen molar-refractivity contribution >= 4 is 81.1 Å². The number of hydrogen-bond acceptors (Lipinski definition) is 2. The molecule has 13 heavy (non-hydrogen) atoms. The normalized spacial score (nSPS) is 26.8. The second-order valence-electron chi connectivity index (χ2n) is 3.29. The number of halogens is 2. The number of allylic oxidation sites excluding steroid dienone is 1. The molecule has 0 aliphatic heterocycles. The van der Waals surface area contributed by atoms with Crippen LogP contribution in [0.1, 0.15) is 13.8 Å². The molecule has 5 heteroatoms. The number of ether oxygens (including phenoxy) is 1. The number of alkyl halides is 2. The second-order valence-corrected chi connectivity index (χ2v) is 4.45. The third kappa shape index (κ3) is 3.49. The van der Waals surface area contributed by atoms with Gasteiger partial charge in [-0.25, -0.2) is 0 Å². The first-order valence-corrected chi connectivity index (χ1v) is 4.47. The van der Waals surface area contributed by atoms with Crippen molar-refractivity contribution in [3.05, 3.63) is 11.6 Å². The molecule has 0 heterocycles. The van der Waals surface area contributed by atoms with Gasteiger partial charge in [-0.3, -0.25) is 4.79 Å². The molecule has 1 rings (SSSR count). The van der Waals surface area contributed by atoms with Crippen molar-refractivity contribution in [1.29, 1.82) is 0 Å². The van der Waals surface area contributed by atoms with E-state index >= 15 is 0 Å². The standard InChI is InChI=1S/C8H10Cl2O2.K.H/c1-8(2)5(3-6(9)10)7(8)12-4-11;;/h3-4,6-7H,1-2H3;;. The zero-order valence-corrected chi connectivity index (χ0v) is 8.39. The van der Waals surface area contributed by atoms with E-state index in [1.807, 2.05) is 13.8 Å². The number of carbonyl (C=O) groups is 1. The minimum atomic E-state index is -0.528. The molecule has 1 saturated carbocycles. The molecule has 1 atom stereocenters. The van der Waals surface area contributed by atoms with Gasteiger partial charge in [-0.15, -0.1) is 23.2 Å². The van der Waals surface area contributed by atoms with E-state index in [0.717, 1.165) is 5.57 Å². The molecule has 0 amide bonds. The maximum atomic E-state index is 10.1. The Bertz CT molecular complexity index is 226. The summed E-state index contributed by atoms with van der Waals surface area (Å²) in [4.78, 5) is 9.53. The summed E-state index contributed by atoms with van der Waals surface area (Å²) in [6.07, 6.45) is 1.56. The molecule has 70 valence electrons. The molecule has 1 unspecified atom stereocenters. The van der Waals surface area contributed by atoms with Gasteiger partial charge >= 0.3 is 51.4 Å². The zero-order chi connectivity index (χ0) is 9.35. The number of hydrogen-bond donors (Lipinski definition) is 0. The van der Waals surface area contributed by atoms with Crippen molar-refractivity contribution < 1.29 is 9.53 Å². The van der Waals surface area contributed by atoms with Crippen molar-refractivity contribution in [2.75, 3.05) is 0 Å². The van der Waals surface area contributed by atoms with E-state index in [2.05, 4.69) is 0 Å². The van der Waals surface area contributed by atoms with Gasteiger partial charge in [0.2, 0.25) is 0 Å². The van der Waals surface area contributed by atoms with Gasteiger partial charge in [0.25, 0.3) is 6.47 Å². The third-order valence-corrected chi connectivity index (χ3v) is 2.35. The van der Waals surface area contributed by atoms with Crippen molar-refractivity contribution in [2.45, 2.75) is 24.8 Å². The first-order chi connectivity index (χ1) is 5.50. The molecule has 0 aromatic rings. The Hall–Kier alpha value is 1.43. The Balaban J connectivity index is 0.00000144. The monoisotopic (exact) mass is 248 g/mol. The number of rotatable bonds is 3. The molecule has 0 saturated heterocycles. The van der Waals surface area contributed by atoms with Gasteiger partial charge in [0.15, 0.2) is 0 Å². The molecule has 0 radical (unpaired) electrons. The van der Waals surface area contributed by atoms with Gasteiger partial charge in [0.05, 0.1) is 0 Å². The maximum absolute atomic E-state index is 10.1.